The molecule has 178 valence electrons. The molecule has 1 aliphatic heterocycles. The molecule has 1 aliphatic rings. The Morgan fingerprint density at radius 2 is 1.85 bits per heavy atom. The van der Waals surface area contributed by atoms with Crippen LogP contribution in [0.5, 0.6) is 0 Å². The van der Waals surface area contributed by atoms with Gasteiger partial charge >= 0.3 is 6.18 Å². The van der Waals surface area contributed by atoms with Crippen LogP contribution in [-0.4, -0.2) is 43.5 Å². The van der Waals surface area contributed by atoms with Crippen LogP contribution in [0.25, 0.3) is 0 Å². The van der Waals surface area contributed by atoms with Crippen molar-refractivity contribution in [1.29, 1.82) is 0 Å². The predicted octanol–water partition coefficient (Wildman–Crippen LogP) is 2.31. The van der Waals surface area contributed by atoms with E-state index in [9.17, 15) is 22.8 Å². The molecule has 0 aliphatic carbocycles. The lowest BCUT2D eigenvalue weighted by Crippen LogP contribution is -2.59. The SMILES string of the molecule is Nc1ccc(C(F)(F)F)cc1C(=O)NCC(=O)N[C@H]1CNCC[C@H]1NCc1ccc(Cl)cc1. The summed E-state index contributed by atoms with van der Waals surface area (Å²) in [5.41, 5.74) is 5.26. The molecule has 2 amide bonds. The highest BCUT2D eigenvalue weighted by atomic mass is 35.5. The van der Waals surface area contributed by atoms with E-state index in [1.807, 2.05) is 12.1 Å². The molecule has 3 rings (SSSR count). The number of nitrogens with one attached hydrogen (secondary N) is 4. The van der Waals surface area contributed by atoms with Crippen molar-refractivity contribution in [3.8, 4) is 0 Å². The van der Waals surface area contributed by atoms with Crippen LogP contribution in [0.3, 0.4) is 0 Å². The molecule has 1 saturated heterocycles. The van der Waals surface area contributed by atoms with Crippen LogP contribution < -0.4 is 27.0 Å². The van der Waals surface area contributed by atoms with Gasteiger partial charge in [-0.15, -0.1) is 0 Å². The first-order valence-electron chi connectivity index (χ1n) is 10.4. The van der Waals surface area contributed by atoms with Gasteiger partial charge in [-0.05, 0) is 48.9 Å². The summed E-state index contributed by atoms with van der Waals surface area (Å²) in [6.45, 7) is 1.53. The van der Waals surface area contributed by atoms with Crippen molar-refractivity contribution >= 4 is 29.1 Å². The van der Waals surface area contributed by atoms with Crippen LogP contribution >= 0.6 is 11.6 Å². The molecule has 33 heavy (non-hydrogen) atoms. The molecule has 1 heterocycles. The van der Waals surface area contributed by atoms with Crippen molar-refractivity contribution in [3.05, 3.63) is 64.2 Å². The number of piperidine rings is 1. The van der Waals surface area contributed by atoms with Gasteiger partial charge in [0, 0.05) is 29.8 Å². The lowest BCUT2D eigenvalue weighted by molar-refractivity contribution is -0.137. The summed E-state index contributed by atoms with van der Waals surface area (Å²) in [7, 11) is 0. The number of benzene rings is 2. The third-order valence-corrected chi connectivity index (χ3v) is 5.60. The quantitative estimate of drug-likeness (QED) is 0.388. The maximum atomic E-state index is 12.9. The zero-order chi connectivity index (χ0) is 24.0. The molecule has 2 aromatic carbocycles. The van der Waals surface area contributed by atoms with Gasteiger partial charge in [0.15, 0.2) is 0 Å². The maximum absolute atomic E-state index is 12.9. The van der Waals surface area contributed by atoms with E-state index in [1.165, 1.54) is 0 Å². The van der Waals surface area contributed by atoms with E-state index in [1.54, 1.807) is 12.1 Å². The first-order valence-corrected chi connectivity index (χ1v) is 10.7. The first kappa shape index (κ1) is 24.8. The Balaban J connectivity index is 1.53. The maximum Gasteiger partial charge on any atom is 0.416 e. The highest BCUT2D eigenvalue weighted by molar-refractivity contribution is 6.30. The van der Waals surface area contributed by atoms with Crippen molar-refractivity contribution < 1.29 is 22.8 Å². The van der Waals surface area contributed by atoms with E-state index in [0.717, 1.165) is 30.7 Å². The van der Waals surface area contributed by atoms with Gasteiger partial charge in [-0.3, -0.25) is 9.59 Å². The molecule has 0 bridgehead atoms. The Labute approximate surface area is 194 Å². The van der Waals surface area contributed by atoms with Gasteiger partial charge in [0.05, 0.1) is 23.7 Å². The van der Waals surface area contributed by atoms with Gasteiger partial charge in [-0.1, -0.05) is 23.7 Å². The third kappa shape index (κ3) is 7.08. The number of rotatable bonds is 7. The highest BCUT2D eigenvalue weighted by Gasteiger charge is 2.32. The second-order valence-electron chi connectivity index (χ2n) is 7.76. The summed E-state index contributed by atoms with van der Waals surface area (Å²) >= 11 is 5.91. The molecule has 2 atom stereocenters. The number of nitrogen functional groups attached to an aromatic ring is 1. The van der Waals surface area contributed by atoms with E-state index >= 15 is 0 Å². The second-order valence-corrected chi connectivity index (χ2v) is 8.20. The lowest BCUT2D eigenvalue weighted by Gasteiger charge is -2.33. The number of alkyl halides is 3. The number of hydrogen-bond acceptors (Lipinski definition) is 5. The summed E-state index contributed by atoms with van der Waals surface area (Å²) in [5, 5.41) is 12.5. The molecule has 0 saturated carbocycles. The standard InChI is InChI=1S/C22H25ClF3N5O2/c23-15-4-1-13(2-5-15)10-29-18-7-8-28-11-19(18)31-20(32)12-30-21(33)16-9-14(22(24,25)26)3-6-17(16)27/h1-6,9,18-19,28-29H,7-8,10-12,27H2,(H,30,33)(H,31,32)/t18-,19+/m1/s1. The topological polar surface area (TPSA) is 108 Å². The van der Waals surface area contributed by atoms with E-state index in [4.69, 9.17) is 17.3 Å². The fourth-order valence-corrected chi connectivity index (χ4v) is 3.67. The summed E-state index contributed by atoms with van der Waals surface area (Å²) < 4.78 is 38.7. The number of amides is 2. The third-order valence-electron chi connectivity index (χ3n) is 5.34. The minimum Gasteiger partial charge on any atom is -0.398 e. The lowest BCUT2D eigenvalue weighted by atomic mass is 10.00. The number of carbonyl (C=O) groups is 2. The zero-order valence-corrected chi connectivity index (χ0v) is 18.4. The predicted molar refractivity (Wildman–Crippen MR) is 120 cm³/mol. The van der Waals surface area contributed by atoms with Crippen LogP contribution in [0, 0.1) is 0 Å². The average Bonchev–Trinajstić information content (AvgIpc) is 2.77. The molecule has 1 fully saturated rings. The fourth-order valence-electron chi connectivity index (χ4n) is 3.55. The molecular weight excluding hydrogens is 459 g/mol. The van der Waals surface area contributed by atoms with Crippen LogP contribution in [0.4, 0.5) is 18.9 Å². The fraction of sp³-hybridized carbons (Fsp3) is 0.364. The zero-order valence-electron chi connectivity index (χ0n) is 17.6. The largest absolute Gasteiger partial charge is 0.416 e. The number of carbonyl (C=O) groups excluding carboxylic acids is 2. The van der Waals surface area contributed by atoms with Crippen LogP contribution in [0.15, 0.2) is 42.5 Å². The Morgan fingerprint density at radius 1 is 1.12 bits per heavy atom. The Bertz CT molecular complexity index is 985. The summed E-state index contributed by atoms with van der Waals surface area (Å²) in [4.78, 5) is 24.7. The van der Waals surface area contributed by atoms with Gasteiger partial charge in [0.25, 0.3) is 5.91 Å². The van der Waals surface area contributed by atoms with Crippen LogP contribution in [0.1, 0.15) is 27.9 Å². The van der Waals surface area contributed by atoms with Gasteiger partial charge in [-0.25, -0.2) is 0 Å². The molecule has 0 spiro atoms. The molecule has 0 unspecified atom stereocenters. The van der Waals surface area contributed by atoms with Crippen molar-refractivity contribution in [1.82, 2.24) is 21.3 Å². The van der Waals surface area contributed by atoms with E-state index < -0.39 is 30.1 Å². The van der Waals surface area contributed by atoms with Crippen LogP contribution in [-0.2, 0) is 17.5 Å². The molecule has 0 aromatic heterocycles. The van der Waals surface area contributed by atoms with Crippen molar-refractivity contribution in [2.24, 2.45) is 0 Å². The second kappa shape index (κ2) is 10.9. The average molecular weight is 484 g/mol. The van der Waals surface area contributed by atoms with Gasteiger partial charge < -0.3 is 27.0 Å². The molecule has 6 N–H and O–H groups in total. The minimum absolute atomic E-state index is 0.000640. The van der Waals surface area contributed by atoms with Gasteiger partial charge in [-0.2, -0.15) is 13.2 Å². The normalized spacial score (nSPS) is 18.5. The first-order chi connectivity index (χ1) is 15.6. The number of nitrogens with two attached hydrogens (primary N) is 1. The van der Waals surface area contributed by atoms with Gasteiger partial charge in [0.1, 0.15) is 0 Å². The minimum atomic E-state index is -4.61. The smallest absolute Gasteiger partial charge is 0.398 e. The Hall–Kier alpha value is -2.82. The van der Waals surface area contributed by atoms with Gasteiger partial charge in [0.2, 0.25) is 5.91 Å². The van der Waals surface area contributed by atoms with Crippen molar-refractivity contribution in [2.75, 3.05) is 25.4 Å². The van der Waals surface area contributed by atoms with E-state index in [-0.39, 0.29) is 23.3 Å². The Morgan fingerprint density at radius 3 is 2.55 bits per heavy atom. The summed E-state index contributed by atoms with van der Waals surface area (Å²) in [5.74, 6) is -1.31. The van der Waals surface area contributed by atoms with E-state index in [0.29, 0.717) is 24.2 Å². The summed E-state index contributed by atoms with van der Waals surface area (Å²) in [6, 6.07) is 9.70. The molecule has 7 nitrogen and oxygen atoms in total. The molecule has 11 heteroatoms. The Kier molecular flexibility index (Phi) is 8.17. The van der Waals surface area contributed by atoms with Crippen molar-refractivity contribution in [2.45, 2.75) is 31.2 Å². The molecule has 2 aromatic rings. The van der Waals surface area contributed by atoms with Crippen molar-refractivity contribution in [3.63, 3.8) is 0 Å². The summed E-state index contributed by atoms with van der Waals surface area (Å²) in [6.07, 6.45) is -3.83. The van der Waals surface area contributed by atoms with E-state index in [2.05, 4.69) is 21.3 Å². The molecular formula is C22H25ClF3N5O2. The highest BCUT2D eigenvalue weighted by Crippen LogP contribution is 2.31. The number of anilines is 1. The monoisotopic (exact) mass is 483 g/mol. The number of halogens is 4. The molecule has 0 radical (unpaired) electrons. The van der Waals surface area contributed by atoms with Crippen LogP contribution in [0.2, 0.25) is 5.02 Å². The number of hydrogen-bond donors (Lipinski definition) is 5.